The minimum Gasteiger partial charge on any atom is -0.477 e. The number of aromatic nitrogens is 2. The summed E-state index contributed by atoms with van der Waals surface area (Å²) < 4.78 is 311. The minimum absolute atomic E-state index is 0.00537. The van der Waals surface area contributed by atoms with Crippen molar-refractivity contribution in [2.24, 2.45) is 0 Å². The van der Waals surface area contributed by atoms with Gasteiger partial charge in [-0.2, -0.15) is 52.7 Å². The number of rotatable bonds is 6. The topological polar surface area (TPSA) is 118 Å². The first-order chi connectivity index (χ1) is 30.9. The molecule has 68 heavy (non-hydrogen) atoms. The molecule has 2 saturated carbocycles. The lowest BCUT2D eigenvalue weighted by molar-refractivity contribution is -0.490. The van der Waals surface area contributed by atoms with Gasteiger partial charge in [0.15, 0.2) is 34.6 Å². The molecule has 0 aliphatic heterocycles. The summed E-state index contributed by atoms with van der Waals surface area (Å²) in [6, 6.07) is 0.957. The van der Waals surface area contributed by atoms with Crippen molar-refractivity contribution in [1.29, 1.82) is 0 Å². The Kier molecular flexibility index (Phi) is 13.6. The highest BCUT2D eigenvalue weighted by Crippen LogP contribution is 2.73. The highest BCUT2D eigenvalue weighted by Gasteiger charge is 3.02. The molecule has 0 atom stereocenters. The van der Waals surface area contributed by atoms with Crippen LogP contribution in [0.3, 0.4) is 0 Å². The molecule has 2 aromatic heterocycles. The lowest BCUT2D eigenvalue weighted by Gasteiger charge is -2.52. The fourth-order valence-corrected chi connectivity index (χ4v) is 7.43. The van der Waals surface area contributed by atoms with Gasteiger partial charge in [-0.1, -0.05) is 42.5 Å². The van der Waals surface area contributed by atoms with Crippen LogP contribution in [0, 0.1) is 64.0 Å². The number of carbonyl (C=O) groups is 2. The summed E-state index contributed by atoms with van der Waals surface area (Å²) in [5.41, 5.74) is -22.6. The first kappa shape index (κ1) is 53.3. The second kappa shape index (κ2) is 17.4. The number of ether oxygens (including phenoxy) is 1. The highest BCUT2D eigenvalue weighted by atomic mass is 35.5. The van der Waals surface area contributed by atoms with E-state index in [1.165, 1.54) is 0 Å². The van der Waals surface area contributed by atoms with Gasteiger partial charge >= 0.3 is 41.6 Å². The Morgan fingerprint density at radius 1 is 0.603 bits per heavy atom. The van der Waals surface area contributed by atoms with Crippen molar-refractivity contribution in [2.75, 3.05) is 0 Å². The molecule has 0 saturated heterocycles. The summed E-state index contributed by atoms with van der Waals surface area (Å²) in [6.07, 6.45) is 4.55. The third-order valence-electron chi connectivity index (χ3n) is 10.3. The molecule has 2 aliphatic carbocycles. The molecule has 2 aromatic carbocycles. The van der Waals surface area contributed by atoms with Gasteiger partial charge in [-0.3, -0.25) is 14.2 Å². The second-order valence-electron chi connectivity index (χ2n) is 14.1. The first-order valence-corrected chi connectivity index (χ1v) is 18.3. The van der Waals surface area contributed by atoms with Gasteiger partial charge < -0.3 is 14.8 Å². The van der Waals surface area contributed by atoms with Gasteiger partial charge in [-0.25, -0.2) is 53.5 Å². The van der Waals surface area contributed by atoms with E-state index in [-0.39, 0.29) is 10.9 Å². The van der Waals surface area contributed by atoms with Gasteiger partial charge in [0.1, 0.15) is 16.3 Å². The smallest absolute Gasteiger partial charge is 0.384 e. The van der Waals surface area contributed by atoms with Crippen LogP contribution in [-0.2, 0) is 5.67 Å². The van der Waals surface area contributed by atoms with Crippen molar-refractivity contribution in [1.82, 2.24) is 9.55 Å². The number of aromatic carboxylic acids is 1. The summed E-state index contributed by atoms with van der Waals surface area (Å²) >= 11 is 11.1. The lowest BCUT2D eigenvalue weighted by Crippen LogP contribution is -2.82. The van der Waals surface area contributed by atoms with Crippen LogP contribution in [0.2, 0.25) is 10.0 Å². The van der Waals surface area contributed by atoms with Gasteiger partial charge in [0.05, 0.1) is 10.7 Å². The first-order valence-electron chi connectivity index (χ1n) is 17.6. The van der Waals surface area contributed by atoms with Crippen LogP contribution < -0.4 is 15.9 Å². The summed E-state index contributed by atoms with van der Waals surface area (Å²) in [6.45, 7) is 0. The largest absolute Gasteiger partial charge is 0.477 e. The van der Waals surface area contributed by atoms with Gasteiger partial charge in [0.2, 0.25) is 40.7 Å². The van der Waals surface area contributed by atoms with Gasteiger partial charge in [0.25, 0.3) is 16.8 Å². The number of nitrogens with zero attached hydrogens (tertiary/aromatic N) is 1. The monoisotopic (exact) mass is 1060 g/mol. The summed E-state index contributed by atoms with van der Waals surface area (Å²) in [5, 5.41) is 5.72. The predicted molar refractivity (Wildman–Crippen MR) is 180 cm³/mol. The van der Waals surface area contributed by atoms with Crippen LogP contribution >= 0.6 is 23.2 Å². The zero-order valence-corrected chi connectivity index (χ0v) is 33.2. The van der Waals surface area contributed by atoms with Crippen LogP contribution in [0.1, 0.15) is 70.1 Å². The molecular weight excluding hydrogens is 1050 g/mol. The van der Waals surface area contributed by atoms with E-state index >= 15 is 4.39 Å². The van der Waals surface area contributed by atoms with Crippen molar-refractivity contribution < 1.29 is 116 Å². The Labute approximate surface area is 368 Å². The quantitative estimate of drug-likeness (QED) is 0.0653. The molecule has 2 aliphatic rings. The van der Waals surface area contributed by atoms with E-state index in [2.05, 4.69) is 9.72 Å². The van der Waals surface area contributed by atoms with Crippen LogP contribution in [0.5, 0.6) is 5.75 Å². The maximum Gasteiger partial charge on any atom is 0.384 e. The zero-order chi connectivity index (χ0) is 52.1. The van der Waals surface area contributed by atoms with E-state index in [0.29, 0.717) is 5.69 Å². The van der Waals surface area contributed by atoms with Crippen molar-refractivity contribution >= 4 is 35.1 Å². The molecular formula is C36H14Cl2F22N2O6. The molecule has 0 amide bonds. The van der Waals surface area contributed by atoms with E-state index in [0.717, 1.165) is 38.2 Å². The molecule has 0 unspecified atom stereocenters. The van der Waals surface area contributed by atoms with Crippen LogP contribution in [0.15, 0.2) is 15.7 Å². The van der Waals surface area contributed by atoms with Crippen LogP contribution in [0.25, 0.3) is 5.69 Å². The van der Waals surface area contributed by atoms with E-state index < -0.39 is 160 Å². The number of nitrogens with one attached hydrogen (secondary N) is 1. The minimum atomic E-state index is -8.03. The normalized spacial score (nSPS) is 18.9. The Morgan fingerprint density at radius 3 is 1.43 bits per heavy atom. The number of carboxylic acid groups (broad SMARTS) is 1. The number of pyridine rings is 2. The molecule has 2 fully saturated rings. The molecule has 0 bridgehead atoms. The molecule has 2 N–H and O–H groups in total. The number of alkyl halides is 11. The van der Waals surface area contributed by atoms with Gasteiger partial charge in [0, 0.05) is 11.6 Å². The highest BCUT2D eigenvalue weighted by molar-refractivity contribution is 6.32. The average Bonchev–Trinajstić information content (AvgIpc) is 3.26. The summed E-state index contributed by atoms with van der Waals surface area (Å²) in [4.78, 5) is 50.5. The zero-order valence-electron chi connectivity index (χ0n) is 31.7. The van der Waals surface area contributed by atoms with Crippen LogP contribution in [-0.4, -0.2) is 56.2 Å². The number of aromatic amines is 1. The van der Waals surface area contributed by atoms with Gasteiger partial charge in [-0.05, 0) is 18.9 Å². The number of esters is 1. The fourth-order valence-electron chi connectivity index (χ4n) is 6.81. The maximum absolute atomic E-state index is 15.8. The molecule has 372 valence electrons. The van der Waals surface area contributed by atoms with E-state index in [1.54, 1.807) is 0 Å². The Balaban J connectivity index is 0.000000270. The number of carboxylic acids is 1. The van der Waals surface area contributed by atoms with E-state index in [4.69, 9.17) is 28.3 Å². The second-order valence-corrected chi connectivity index (χ2v) is 14.9. The number of hydrogen-bond donors (Lipinski definition) is 2. The van der Waals surface area contributed by atoms with Crippen LogP contribution in [0.4, 0.5) is 96.6 Å². The number of H-pyrrole nitrogens is 1. The van der Waals surface area contributed by atoms with Crippen molar-refractivity contribution in [3.63, 3.8) is 0 Å². The molecule has 0 spiro atoms. The molecule has 32 heteroatoms. The molecule has 4 aromatic rings. The van der Waals surface area contributed by atoms with E-state index in [1.807, 2.05) is 0 Å². The number of hydrogen-bond acceptors (Lipinski definition) is 5. The molecule has 6 rings (SSSR count). The predicted octanol–water partition coefficient (Wildman–Crippen LogP) is 11.4. The summed E-state index contributed by atoms with van der Waals surface area (Å²) in [7, 11) is 0. The maximum atomic E-state index is 15.8. The van der Waals surface area contributed by atoms with Crippen molar-refractivity contribution in [3.8, 4) is 11.4 Å². The fraction of sp³-hybridized carbons (Fsp3) is 0.333. The average molecular weight is 1060 g/mol. The van der Waals surface area contributed by atoms with E-state index in [9.17, 15) is 111 Å². The SMILES string of the molecule is O=C(O)c1c(F)c(Cl)c(C2(F)C(F)(F)C(F)(F)C(F)(F)C(F)(F)C2(F)F)n(-c2c(F)c(F)c(F)c(F)c2F)c1=O.O=C(Oc1c(F)c(F)c(F)c(F)c1F)c1cc(Cl)c(C2CCCCC2)[nH]c1=O. The molecule has 0 radical (unpaired) electrons. The third-order valence-corrected chi connectivity index (χ3v) is 10.9. The Bertz CT molecular complexity index is 2830. The molecule has 8 nitrogen and oxygen atoms in total. The standard InChI is InChI=1S/C18HClF17NO3.C18H13ClF5NO3/c19-2-3(20)1(12(39)40)11(38)37(9-7(24)5(22)4(21)6(23)8(9)25)10(2)13(26)14(27,28)16(31,32)18(35,36)17(33,34)15(13,29)30;19-9-6-8(17(26)25-15(9)7-4-2-1-3-5-7)18(27)28-16-13(23)11(21)10(20)12(22)14(16)24/h(H,39,40);6-7H,1-5H2,(H,25,26). The van der Waals surface area contributed by atoms with Gasteiger partial charge in [-0.15, -0.1) is 0 Å². The number of halogens is 24. The Morgan fingerprint density at radius 2 is 1.00 bits per heavy atom. The molecule has 2 heterocycles. The van der Waals surface area contributed by atoms with Crippen molar-refractivity contribution in [2.45, 2.75) is 73.3 Å². The lowest BCUT2D eigenvalue weighted by atomic mass is 9.70. The third kappa shape index (κ3) is 7.32. The Hall–Kier alpha value is -5.68. The number of carbonyl (C=O) groups excluding carboxylic acids is 1. The van der Waals surface area contributed by atoms with Crippen molar-refractivity contribution in [3.05, 3.63) is 123 Å². The number of benzene rings is 2. The summed E-state index contributed by atoms with van der Waals surface area (Å²) in [5.74, 6) is -78.2.